The summed E-state index contributed by atoms with van der Waals surface area (Å²) in [6.07, 6.45) is 6.45. The lowest BCUT2D eigenvalue weighted by atomic mass is 9.93. The summed E-state index contributed by atoms with van der Waals surface area (Å²) in [7, 11) is 0. The monoisotopic (exact) mass is 368 g/mol. The molecule has 0 aliphatic carbocycles. The molecule has 27 heavy (non-hydrogen) atoms. The minimum Gasteiger partial charge on any atom is -0.359 e. The van der Waals surface area contributed by atoms with Gasteiger partial charge in [0.1, 0.15) is 5.76 Å². The van der Waals surface area contributed by atoms with Crippen LogP contribution in [0.5, 0.6) is 0 Å². The molecular weight excluding hydrogens is 336 g/mol. The molecule has 0 aliphatic heterocycles. The van der Waals surface area contributed by atoms with E-state index in [1.54, 1.807) is 6.07 Å². The third-order valence-electron chi connectivity index (χ3n) is 3.83. The number of amides is 1. The molecule has 0 unspecified atom stereocenters. The van der Waals surface area contributed by atoms with Crippen LogP contribution in [0.1, 0.15) is 65.4 Å². The van der Waals surface area contributed by atoms with Crippen molar-refractivity contribution < 1.29 is 9.32 Å². The van der Waals surface area contributed by atoms with Crippen LogP contribution in [-0.4, -0.2) is 11.1 Å². The van der Waals surface area contributed by atoms with Gasteiger partial charge >= 0.3 is 0 Å². The molecule has 4 heteroatoms. The Labute approximate surface area is 163 Å². The molecule has 146 valence electrons. The minimum atomic E-state index is -0.136. The summed E-state index contributed by atoms with van der Waals surface area (Å²) in [5.41, 5.74) is 3.12. The minimum absolute atomic E-state index is 0.110. The van der Waals surface area contributed by atoms with Crippen LogP contribution in [0.15, 0.2) is 53.1 Å². The van der Waals surface area contributed by atoms with E-state index >= 15 is 0 Å². The van der Waals surface area contributed by atoms with Gasteiger partial charge < -0.3 is 9.84 Å². The van der Waals surface area contributed by atoms with E-state index in [-0.39, 0.29) is 11.3 Å². The quantitative estimate of drug-likeness (QED) is 0.643. The molecule has 0 fully saturated rings. The molecule has 1 aromatic carbocycles. The van der Waals surface area contributed by atoms with Crippen LogP contribution in [0, 0.1) is 0 Å². The highest BCUT2D eigenvalue weighted by molar-refractivity contribution is 5.91. The fraction of sp³-hybridized carbons (Fsp3) is 0.391. The lowest BCUT2D eigenvalue weighted by Gasteiger charge is -2.12. The first kappa shape index (κ1) is 22.4. The van der Waals surface area contributed by atoms with Gasteiger partial charge in [-0.1, -0.05) is 82.3 Å². The van der Waals surface area contributed by atoms with Gasteiger partial charge in [-0.15, -0.1) is 0 Å². The molecule has 0 atom stereocenters. The number of anilines is 1. The van der Waals surface area contributed by atoms with E-state index in [4.69, 9.17) is 4.52 Å². The molecule has 1 aromatic heterocycles. The van der Waals surface area contributed by atoms with Gasteiger partial charge in [0.15, 0.2) is 5.82 Å². The van der Waals surface area contributed by atoms with Crippen LogP contribution < -0.4 is 5.32 Å². The van der Waals surface area contributed by atoms with Gasteiger partial charge in [0.2, 0.25) is 5.91 Å². The van der Waals surface area contributed by atoms with Gasteiger partial charge in [-0.3, -0.25) is 4.79 Å². The summed E-state index contributed by atoms with van der Waals surface area (Å²) in [6.45, 7) is 14.1. The highest BCUT2D eigenvalue weighted by Crippen LogP contribution is 2.24. The van der Waals surface area contributed by atoms with Crippen molar-refractivity contribution in [3.05, 3.63) is 65.4 Å². The van der Waals surface area contributed by atoms with Crippen molar-refractivity contribution in [2.45, 2.75) is 60.3 Å². The van der Waals surface area contributed by atoms with Crippen molar-refractivity contribution in [2.24, 2.45) is 0 Å². The predicted molar refractivity (Wildman–Crippen MR) is 114 cm³/mol. The van der Waals surface area contributed by atoms with Gasteiger partial charge in [-0.25, -0.2) is 0 Å². The number of allylic oxidation sites excluding steroid dienone is 4. The maximum Gasteiger partial charge on any atom is 0.230 e. The zero-order valence-electron chi connectivity index (χ0n) is 17.6. The predicted octanol–water partition coefficient (Wildman–Crippen LogP) is 6.16. The summed E-state index contributed by atoms with van der Waals surface area (Å²) < 4.78 is 5.28. The molecule has 2 aromatic rings. The Kier molecular flexibility index (Phi) is 8.73. The Morgan fingerprint density at radius 2 is 1.78 bits per heavy atom. The van der Waals surface area contributed by atoms with Crippen molar-refractivity contribution in [3.63, 3.8) is 0 Å². The number of hydrogen-bond acceptors (Lipinski definition) is 3. The van der Waals surface area contributed by atoms with Crippen molar-refractivity contribution in [2.75, 3.05) is 5.32 Å². The molecule has 0 radical (unpaired) electrons. The molecule has 0 aliphatic rings. The van der Waals surface area contributed by atoms with Gasteiger partial charge in [-0.05, 0) is 30.5 Å². The fourth-order valence-corrected chi connectivity index (χ4v) is 2.41. The zero-order valence-corrected chi connectivity index (χ0v) is 17.6. The van der Waals surface area contributed by atoms with E-state index in [1.807, 2.05) is 78.8 Å². The van der Waals surface area contributed by atoms with Crippen LogP contribution in [0.4, 0.5) is 5.82 Å². The number of aromatic nitrogens is 1. The first-order valence-corrected chi connectivity index (χ1v) is 9.49. The molecule has 4 nitrogen and oxygen atoms in total. The van der Waals surface area contributed by atoms with Gasteiger partial charge in [0.25, 0.3) is 0 Å². The SMILES string of the molecule is C/C=C\C(=C/C)c1ccc(CC(=O)Nc2cc(C(C)(C)C)on2)cc1.CC. The molecule has 2 rings (SSSR count). The van der Waals surface area contributed by atoms with E-state index in [0.29, 0.717) is 12.2 Å². The Hall–Kier alpha value is -2.62. The largest absolute Gasteiger partial charge is 0.359 e. The molecular formula is C23H32N2O2. The van der Waals surface area contributed by atoms with Gasteiger partial charge in [0, 0.05) is 11.5 Å². The average Bonchev–Trinajstić information content (AvgIpc) is 3.11. The Bertz CT molecular complexity index is 775. The lowest BCUT2D eigenvalue weighted by Crippen LogP contribution is -2.14. The van der Waals surface area contributed by atoms with Crippen LogP contribution in [0.25, 0.3) is 5.57 Å². The molecule has 0 spiro atoms. The highest BCUT2D eigenvalue weighted by atomic mass is 16.5. The average molecular weight is 369 g/mol. The molecule has 0 saturated carbocycles. The maximum absolute atomic E-state index is 12.2. The highest BCUT2D eigenvalue weighted by Gasteiger charge is 2.20. The van der Waals surface area contributed by atoms with E-state index in [0.717, 1.165) is 22.5 Å². The summed E-state index contributed by atoms with van der Waals surface area (Å²) in [4.78, 5) is 12.2. The maximum atomic E-state index is 12.2. The Morgan fingerprint density at radius 3 is 2.26 bits per heavy atom. The van der Waals surface area contributed by atoms with Crippen LogP contribution in [0.2, 0.25) is 0 Å². The van der Waals surface area contributed by atoms with Crippen LogP contribution in [-0.2, 0) is 16.6 Å². The number of rotatable bonds is 5. The van der Waals surface area contributed by atoms with Crippen molar-refractivity contribution in [1.29, 1.82) is 0 Å². The van der Waals surface area contributed by atoms with Crippen LogP contribution >= 0.6 is 0 Å². The van der Waals surface area contributed by atoms with Crippen molar-refractivity contribution in [1.82, 2.24) is 5.16 Å². The second kappa shape index (κ2) is 10.5. The van der Waals surface area contributed by atoms with E-state index in [1.165, 1.54) is 0 Å². The smallest absolute Gasteiger partial charge is 0.230 e. The molecule has 1 N–H and O–H groups in total. The second-order valence-corrected chi connectivity index (χ2v) is 6.99. The standard InChI is InChI=1S/C21H26N2O2.C2H6/c1-6-8-16(7-2)17-11-9-15(10-12-17)13-20(24)22-19-14-18(25-23-19)21(3,4)5;1-2/h6-12,14H,13H2,1-5H3,(H,22,23,24);1-2H3/b8-6-,16-7+;. The van der Waals surface area contributed by atoms with Crippen molar-refractivity contribution in [3.8, 4) is 0 Å². The third kappa shape index (κ3) is 6.89. The second-order valence-electron chi connectivity index (χ2n) is 6.99. The number of carbonyl (C=O) groups is 1. The first-order valence-electron chi connectivity index (χ1n) is 9.49. The Morgan fingerprint density at radius 1 is 1.15 bits per heavy atom. The van der Waals surface area contributed by atoms with E-state index < -0.39 is 0 Å². The topological polar surface area (TPSA) is 55.1 Å². The van der Waals surface area contributed by atoms with E-state index in [2.05, 4.69) is 22.6 Å². The number of hydrogen-bond donors (Lipinski definition) is 1. The summed E-state index contributed by atoms with van der Waals surface area (Å²) in [5.74, 6) is 1.09. The first-order chi connectivity index (χ1) is 12.8. The molecule has 1 amide bonds. The Balaban J connectivity index is 0.00000176. The molecule has 0 bridgehead atoms. The summed E-state index contributed by atoms with van der Waals surface area (Å²) in [5, 5.41) is 6.70. The number of carbonyl (C=O) groups excluding carboxylic acids is 1. The normalized spacial score (nSPS) is 11.9. The zero-order chi connectivity index (χ0) is 20.4. The molecule has 0 saturated heterocycles. The van der Waals surface area contributed by atoms with Gasteiger partial charge in [0.05, 0.1) is 6.42 Å². The number of nitrogens with zero attached hydrogens (tertiary/aromatic N) is 1. The number of nitrogens with one attached hydrogen (secondary N) is 1. The summed E-state index contributed by atoms with van der Waals surface area (Å²) in [6, 6.07) is 9.80. The third-order valence-corrected chi connectivity index (χ3v) is 3.83. The fourth-order valence-electron chi connectivity index (χ4n) is 2.41. The van der Waals surface area contributed by atoms with E-state index in [9.17, 15) is 4.79 Å². The van der Waals surface area contributed by atoms with Crippen LogP contribution in [0.3, 0.4) is 0 Å². The van der Waals surface area contributed by atoms with Crippen molar-refractivity contribution >= 4 is 17.3 Å². The van der Waals surface area contributed by atoms with Gasteiger partial charge in [-0.2, -0.15) is 0 Å². The molecule has 1 heterocycles. The summed E-state index contributed by atoms with van der Waals surface area (Å²) >= 11 is 0. The lowest BCUT2D eigenvalue weighted by molar-refractivity contribution is -0.115. The number of benzene rings is 1.